The maximum Gasteiger partial charge on any atom is 0.338 e. The van der Waals surface area contributed by atoms with Crippen molar-refractivity contribution in [1.82, 2.24) is 0 Å². The number of carbonyl (C=O) groups is 1. The molecule has 0 saturated carbocycles. The summed E-state index contributed by atoms with van der Waals surface area (Å²) in [7, 11) is 0. The second kappa shape index (κ2) is 2.67. The van der Waals surface area contributed by atoms with Crippen molar-refractivity contribution in [3.05, 3.63) is 0 Å². The van der Waals surface area contributed by atoms with Crippen LogP contribution in [0.15, 0.2) is 0 Å². The number of esters is 1. The van der Waals surface area contributed by atoms with Gasteiger partial charge in [0.1, 0.15) is 6.10 Å². The number of aliphatic hydroxyl groups is 1. The summed E-state index contributed by atoms with van der Waals surface area (Å²) >= 11 is 0. The van der Waals surface area contributed by atoms with Gasteiger partial charge in [0.2, 0.25) is 5.79 Å². The summed E-state index contributed by atoms with van der Waals surface area (Å²) in [4.78, 5) is 11.2. The molecule has 5 nitrogen and oxygen atoms in total. The van der Waals surface area contributed by atoms with E-state index in [0.29, 0.717) is 6.42 Å². The normalized spacial score (nSPS) is 41.8. The quantitative estimate of drug-likeness (QED) is 0.479. The van der Waals surface area contributed by atoms with E-state index < -0.39 is 18.2 Å². The molecule has 5 heteroatoms. The van der Waals surface area contributed by atoms with Gasteiger partial charge in [-0.1, -0.05) is 0 Å². The minimum absolute atomic E-state index is 0.272. The van der Waals surface area contributed by atoms with Gasteiger partial charge in [-0.05, 0) is 0 Å². The van der Waals surface area contributed by atoms with Gasteiger partial charge in [0.25, 0.3) is 0 Å². The number of carbonyl (C=O) groups excluding carboxylic acids is 1. The Bertz CT molecular complexity index is 237. The Kier molecular flexibility index (Phi) is 1.83. The third kappa shape index (κ3) is 1.82. The Morgan fingerprint density at radius 3 is 2.54 bits per heavy atom. The lowest BCUT2D eigenvalue weighted by Gasteiger charge is -2.14. The number of rotatable bonds is 2. The van der Waals surface area contributed by atoms with Crippen LogP contribution in [0.3, 0.4) is 0 Å². The predicted octanol–water partition coefficient (Wildman–Crippen LogP) is -0.228. The first-order valence-electron chi connectivity index (χ1n) is 4.22. The molecule has 3 atom stereocenters. The molecule has 74 valence electrons. The zero-order valence-corrected chi connectivity index (χ0v) is 7.52. The summed E-state index contributed by atoms with van der Waals surface area (Å²) in [5, 5.41) is 8.87. The number of cyclic esters (lactones) is 1. The molecule has 0 spiro atoms. The average Bonchev–Trinajstić information content (AvgIpc) is 2.56. The van der Waals surface area contributed by atoms with Gasteiger partial charge in [-0.25, -0.2) is 4.79 Å². The number of aliphatic hydroxyl groups excluding tert-OH is 1. The van der Waals surface area contributed by atoms with Gasteiger partial charge < -0.3 is 19.3 Å². The second-order valence-corrected chi connectivity index (χ2v) is 3.73. The first-order chi connectivity index (χ1) is 5.98. The molecule has 0 bridgehead atoms. The van der Waals surface area contributed by atoms with Gasteiger partial charge in [-0.2, -0.15) is 0 Å². The van der Waals surface area contributed by atoms with E-state index in [1.165, 1.54) is 0 Å². The Labute approximate surface area is 75.6 Å². The van der Waals surface area contributed by atoms with Crippen LogP contribution in [-0.2, 0) is 19.0 Å². The zero-order valence-electron chi connectivity index (χ0n) is 7.52. The fourth-order valence-electron chi connectivity index (χ4n) is 1.38. The van der Waals surface area contributed by atoms with Gasteiger partial charge in [-0.15, -0.1) is 0 Å². The molecule has 0 radical (unpaired) electrons. The molecule has 0 aromatic carbocycles. The highest BCUT2D eigenvalue weighted by Crippen LogP contribution is 2.31. The molecule has 3 unspecified atom stereocenters. The Hall–Kier alpha value is -0.650. The summed E-state index contributed by atoms with van der Waals surface area (Å²) < 4.78 is 15.0. The largest absolute Gasteiger partial charge is 0.432 e. The zero-order chi connectivity index (χ0) is 9.64. The first-order valence-corrected chi connectivity index (χ1v) is 4.22. The Morgan fingerprint density at radius 1 is 1.54 bits per heavy atom. The fourth-order valence-corrected chi connectivity index (χ4v) is 1.38. The summed E-state index contributed by atoms with van der Waals surface area (Å²) in [6, 6.07) is 0. The molecule has 1 N–H and O–H groups in total. The standard InChI is InChI=1S/C8H12O5/c1-8(2)12-5(7(10)13-8)3-4-6(9)11-4/h4-6,9H,3H2,1-2H3. The van der Waals surface area contributed by atoms with Crippen molar-refractivity contribution in [3.8, 4) is 0 Å². The molecule has 0 amide bonds. The van der Waals surface area contributed by atoms with Gasteiger partial charge in [-0.3, -0.25) is 0 Å². The van der Waals surface area contributed by atoms with Gasteiger partial charge >= 0.3 is 5.97 Å². The van der Waals surface area contributed by atoms with Crippen LogP contribution < -0.4 is 0 Å². The van der Waals surface area contributed by atoms with E-state index in [1.807, 2.05) is 0 Å². The van der Waals surface area contributed by atoms with Crippen LogP contribution in [-0.4, -0.2) is 35.4 Å². The molecule has 0 aliphatic carbocycles. The van der Waals surface area contributed by atoms with Crippen LogP contribution in [0.2, 0.25) is 0 Å². The third-order valence-corrected chi connectivity index (χ3v) is 2.04. The van der Waals surface area contributed by atoms with Crippen molar-refractivity contribution in [3.63, 3.8) is 0 Å². The van der Waals surface area contributed by atoms with Crippen LogP contribution in [0.5, 0.6) is 0 Å². The molecule has 2 aliphatic heterocycles. The highest BCUT2D eigenvalue weighted by molar-refractivity contribution is 5.76. The monoisotopic (exact) mass is 188 g/mol. The SMILES string of the molecule is CC1(C)OC(=O)C(CC2OC2O)O1. The number of epoxide rings is 1. The topological polar surface area (TPSA) is 68.3 Å². The maximum absolute atomic E-state index is 11.2. The van der Waals surface area contributed by atoms with Gasteiger partial charge in [0.15, 0.2) is 12.4 Å². The van der Waals surface area contributed by atoms with E-state index in [2.05, 4.69) is 0 Å². The van der Waals surface area contributed by atoms with E-state index in [9.17, 15) is 4.79 Å². The van der Waals surface area contributed by atoms with E-state index in [1.54, 1.807) is 13.8 Å². The minimum atomic E-state index is -0.846. The van der Waals surface area contributed by atoms with Gasteiger partial charge in [0.05, 0.1) is 0 Å². The molecule has 0 aromatic heterocycles. The maximum atomic E-state index is 11.2. The molecule has 0 aromatic rings. The lowest BCUT2D eigenvalue weighted by molar-refractivity contribution is -0.160. The molecule has 13 heavy (non-hydrogen) atoms. The Balaban J connectivity index is 1.90. The molecule has 2 heterocycles. The highest BCUT2D eigenvalue weighted by Gasteiger charge is 2.47. The fraction of sp³-hybridized carbons (Fsp3) is 0.875. The van der Waals surface area contributed by atoms with Crippen LogP contribution >= 0.6 is 0 Å². The summed E-state index contributed by atoms with van der Waals surface area (Å²) in [6.07, 6.45) is -1.24. The van der Waals surface area contributed by atoms with Crippen molar-refractivity contribution in [2.45, 2.75) is 44.6 Å². The van der Waals surface area contributed by atoms with Crippen molar-refractivity contribution < 1.29 is 24.1 Å². The highest BCUT2D eigenvalue weighted by atomic mass is 16.8. The van der Waals surface area contributed by atoms with Crippen LogP contribution in [0, 0.1) is 0 Å². The van der Waals surface area contributed by atoms with Crippen molar-refractivity contribution >= 4 is 5.97 Å². The lowest BCUT2D eigenvalue weighted by Crippen LogP contribution is -2.22. The molecule has 2 saturated heterocycles. The lowest BCUT2D eigenvalue weighted by atomic mass is 10.2. The first kappa shape index (κ1) is 8.93. The molecular weight excluding hydrogens is 176 g/mol. The molecular formula is C8H12O5. The predicted molar refractivity (Wildman–Crippen MR) is 40.5 cm³/mol. The Morgan fingerprint density at radius 2 is 2.15 bits per heavy atom. The number of hydrogen-bond donors (Lipinski definition) is 1. The smallest absolute Gasteiger partial charge is 0.338 e. The van der Waals surface area contributed by atoms with Crippen LogP contribution in [0.4, 0.5) is 0 Å². The van der Waals surface area contributed by atoms with E-state index >= 15 is 0 Å². The van der Waals surface area contributed by atoms with Crippen molar-refractivity contribution in [2.24, 2.45) is 0 Å². The summed E-state index contributed by atoms with van der Waals surface area (Å²) in [6.45, 7) is 3.35. The van der Waals surface area contributed by atoms with E-state index in [0.717, 1.165) is 0 Å². The third-order valence-electron chi connectivity index (χ3n) is 2.04. The van der Waals surface area contributed by atoms with Crippen LogP contribution in [0.25, 0.3) is 0 Å². The molecule has 2 rings (SSSR count). The number of ether oxygens (including phenoxy) is 3. The van der Waals surface area contributed by atoms with Gasteiger partial charge in [0, 0.05) is 20.3 Å². The number of hydrogen-bond acceptors (Lipinski definition) is 5. The average molecular weight is 188 g/mol. The second-order valence-electron chi connectivity index (χ2n) is 3.73. The summed E-state index contributed by atoms with van der Waals surface area (Å²) in [5.41, 5.74) is 0. The van der Waals surface area contributed by atoms with E-state index in [-0.39, 0.29) is 12.1 Å². The summed E-state index contributed by atoms with van der Waals surface area (Å²) in [5.74, 6) is -1.23. The van der Waals surface area contributed by atoms with Crippen molar-refractivity contribution in [2.75, 3.05) is 0 Å². The van der Waals surface area contributed by atoms with Crippen LogP contribution in [0.1, 0.15) is 20.3 Å². The van der Waals surface area contributed by atoms with Crippen molar-refractivity contribution in [1.29, 1.82) is 0 Å². The molecule has 2 fully saturated rings. The molecule has 2 aliphatic rings. The van der Waals surface area contributed by atoms with E-state index in [4.69, 9.17) is 19.3 Å². The minimum Gasteiger partial charge on any atom is -0.432 e.